The van der Waals surface area contributed by atoms with Crippen molar-refractivity contribution in [3.63, 3.8) is 0 Å². The van der Waals surface area contributed by atoms with Crippen molar-refractivity contribution in [2.75, 3.05) is 5.32 Å². The molecule has 5 aromatic rings. The van der Waals surface area contributed by atoms with Crippen molar-refractivity contribution in [2.45, 2.75) is 13.5 Å². The second-order valence-corrected chi connectivity index (χ2v) is 8.81. The number of nitrogens with one attached hydrogen (secondary N) is 1. The molecular formula is C23H15ClFN5O3S. The quantitative estimate of drug-likeness (QED) is 0.371. The zero-order chi connectivity index (χ0) is 23.8. The molecular weight excluding hydrogens is 481 g/mol. The summed E-state index contributed by atoms with van der Waals surface area (Å²) in [5.74, 6) is -0.500. The zero-order valence-corrected chi connectivity index (χ0v) is 19.2. The van der Waals surface area contributed by atoms with E-state index in [-0.39, 0.29) is 18.1 Å². The Morgan fingerprint density at radius 3 is 2.85 bits per heavy atom. The van der Waals surface area contributed by atoms with E-state index in [0.717, 1.165) is 0 Å². The van der Waals surface area contributed by atoms with Crippen molar-refractivity contribution < 1.29 is 13.7 Å². The second-order valence-electron chi connectivity index (χ2n) is 7.38. The van der Waals surface area contributed by atoms with Gasteiger partial charge in [0.25, 0.3) is 11.4 Å². The molecule has 8 nitrogen and oxygen atoms in total. The first-order valence-electron chi connectivity index (χ1n) is 10.0. The van der Waals surface area contributed by atoms with Crippen LogP contribution < -0.4 is 10.9 Å². The fourth-order valence-corrected chi connectivity index (χ4v) is 4.69. The number of aryl methyl sites for hydroxylation is 1. The number of rotatable bonds is 5. The Hall–Kier alpha value is -3.89. The number of para-hydroxylation sites is 1. The van der Waals surface area contributed by atoms with E-state index in [4.69, 9.17) is 16.1 Å². The van der Waals surface area contributed by atoms with Gasteiger partial charge in [-0.1, -0.05) is 41.0 Å². The van der Waals surface area contributed by atoms with Crippen molar-refractivity contribution in [3.05, 3.63) is 81.6 Å². The molecule has 0 spiro atoms. The van der Waals surface area contributed by atoms with Gasteiger partial charge < -0.3 is 9.84 Å². The van der Waals surface area contributed by atoms with Gasteiger partial charge in [-0.25, -0.2) is 9.37 Å². The summed E-state index contributed by atoms with van der Waals surface area (Å²) >= 11 is 7.28. The van der Waals surface area contributed by atoms with E-state index in [0.29, 0.717) is 37.1 Å². The lowest BCUT2D eigenvalue weighted by Gasteiger charge is -2.08. The first kappa shape index (κ1) is 21.9. The molecule has 170 valence electrons. The molecule has 0 aliphatic carbocycles. The topological polar surface area (TPSA) is 103 Å². The monoisotopic (exact) mass is 495 g/mol. The van der Waals surface area contributed by atoms with Crippen LogP contribution in [0.15, 0.2) is 64.2 Å². The first-order valence-corrected chi connectivity index (χ1v) is 11.2. The summed E-state index contributed by atoms with van der Waals surface area (Å²) < 4.78 is 20.4. The highest BCUT2D eigenvalue weighted by Crippen LogP contribution is 2.35. The molecule has 0 saturated heterocycles. The number of nitrogens with zero attached hydrogens (tertiary/aromatic N) is 4. The molecule has 0 radical (unpaired) electrons. The number of fused-ring (bicyclic) bond motifs is 1. The van der Waals surface area contributed by atoms with Crippen LogP contribution in [-0.2, 0) is 11.3 Å². The van der Waals surface area contributed by atoms with E-state index >= 15 is 0 Å². The summed E-state index contributed by atoms with van der Waals surface area (Å²) in [6.45, 7) is 1.43. The van der Waals surface area contributed by atoms with Gasteiger partial charge in [-0.15, -0.1) is 11.3 Å². The molecule has 34 heavy (non-hydrogen) atoms. The summed E-state index contributed by atoms with van der Waals surface area (Å²) in [5, 5.41) is 7.37. The standard InChI is InChI=1S/C23H15ClFN5O3S/c1-12-18-22(34-19(12)21-28-20(29-33-21)13-5-4-6-14(24)9-13)26-11-30(23(18)32)10-17(31)27-16-8-3-2-7-15(16)25/h2-9,11H,10H2,1H3,(H,27,31). The van der Waals surface area contributed by atoms with E-state index < -0.39 is 17.3 Å². The molecule has 0 saturated carbocycles. The number of carbonyl (C=O) groups is 1. The lowest BCUT2D eigenvalue weighted by Crippen LogP contribution is -2.28. The van der Waals surface area contributed by atoms with E-state index in [1.54, 1.807) is 31.2 Å². The smallest absolute Gasteiger partial charge is 0.268 e. The molecule has 3 aromatic heterocycles. The fourth-order valence-electron chi connectivity index (χ4n) is 3.44. The Labute approximate surface area is 200 Å². The van der Waals surface area contributed by atoms with Gasteiger partial charge in [0.1, 0.15) is 17.2 Å². The number of aromatic nitrogens is 4. The van der Waals surface area contributed by atoms with Crippen molar-refractivity contribution in [1.82, 2.24) is 19.7 Å². The maximum Gasteiger partial charge on any atom is 0.268 e. The molecule has 5 rings (SSSR count). The SMILES string of the molecule is Cc1c(-c2nc(-c3cccc(Cl)c3)no2)sc2ncn(CC(=O)Nc3ccccc3F)c(=O)c12. The average Bonchev–Trinajstić information content (AvgIpc) is 3.42. The van der Waals surface area contributed by atoms with Crippen LogP contribution in [0, 0.1) is 12.7 Å². The minimum atomic E-state index is -0.563. The van der Waals surface area contributed by atoms with Gasteiger partial charge in [-0.05, 0) is 36.8 Å². The largest absolute Gasteiger partial charge is 0.333 e. The second kappa shape index (κ2) is 8.81. The van der Waals surface area contributed by atoms with Crippen molar-refractivity contribution in [2.24, 2.45) is 0 Å². The van der Waals surface area contributed by atoms with Crippen LogP contribution >= 0.6 is 22.9 Å². The summed E-state index contributed by atoms with van der Waals surface area (Å²) in [6, 6.07) is 12.9. The van der Waals surface area contributed by atoms with E-state index in [1.807, 2.05) is 6.07 Å². The molecule has 0 unspecified atom stereocenters. The van der Waals surface area contributed by atoms with Gasteiger partial charge in [-0.3, -0.25) is 14.2 Å². The maximum atomic E-state index is 13.8. The number of carbonyl (C=O) groups excluding carboxylic acids is 1. The van der Waals surface area contributed by atoms with Gasteiger partial charge >= 0.3 is 0 Å². The molecule has 2 aromatic carbocycles. The average molecular weight is 496 g/mol. The number of benzene rings is 2. The fraction of sp³-hybridized carbons (Fsp3) is 0.0870. The summed E-state index contributed by atoms with van der Waals surface area (Å²) in [6.07, 6.45) is 1.29. The Kier molecular flexibility index (Phi) is 5.68. The van der Waals surface area contributed by atoms with Crippen LogP contribution in [0.2, 0.25) is 5.02 Å². The van der Waals surface area contributed by atoms with Crippen LogP contribution in [0.5, 0.6) is 0 Å². The molecule has 0 fully saturated rings. The Balaban J connectivity index is 1.45. The third-order valence-electron chi connectivity index (χ3n) is 5.08. The number of anilines is 1. The third-order valence-corrected chi connectivity index (χ3v) is 6.51. The summed E-state index contributed by atoms with van der Waals surface area (Å²) in [5.41, 5.74) is 0.948. The third kappa shape index (κ3) is 4.09. The van der Waals surface area contributed by atoms with Gasteiger partial charge in [-0.2, -0.15) is 4.98 Å². The molecule has 0 aliphatic rings. The van der Waals surface area contributed by atoms with Crippen molar-refractivity contribution in [1.29, 1.82) is 0 Å². The lowest BCUT2D eigenvalue weighted by atomic mass is 10.2. The first-order chi connectivity index (χ1) is 16.4. The molecule has 0 aliphatic heterocycles. The predicted molar refractivity (Wildman–Crippen MR) is 127 cm³/mol. The normalized spacial score (nSPS) is 11.1. The molecule has 0 atom stereocenters. The van der Waals surface area contributed by atoms with Gasteiger partial charge in [0.2, 0.25) is 11.7 Å². The van der Waals surface area contributed by atoms with Crippen LogP contribution in [0.25, 0.3) is 32.4 Å². The summed E-state index contributed by atoms with van der Waals surface area (Å²) in [4.78, 5) is 35.3. The van der Waals surface area contributed by atoms with E-state index in [2.05, 4.69) is 20.4 Å². The molecule has 11 heteroatoms. The minimum Gasteiger partial charge on any atom is -0.333 e. The predicted octanol–water partition coefficient (Wildman–Crippen LogP) is 4.91. The van der Waals surface area contributed by atoms with Crippen molar-refractivity contribution in [3.8, 4) is 22.2 Å². The Bertz CT molecular complexity index is 1610. The van der Waals surface area contributed by atoms with Crippen LogP contribution in [0.3, 0.4) is 0 Å². The van der Waals surface area contributed by atoms with Crippen LogP contribution in [-0.4, -0.2) is 25.6 Å². The highest BCUT2D eigenvalue weighted by Gasteiger charge is 2.21. The number of halogens is 2. The zero-order valence-electron chi connectivity index (χ0n) is 17.6. The van der Waals surface area contributed by atoms with Crippen LogP contribution in [0.1, 0.15) is 5.56 Å². The summed E-state index contributed by atoms with van der Waals surface area (Å²) in [7, 11) is 0. The van der Waals surface area contributed by atoms with Gasteiger partial charge in [0.15, 0.2) is 0 Å². The highest BCUT2D eigenvalue weighted by molar-refractivity contribution is 7.22. The van der Waals surface area contributed by atoms with E-state index in [1.165, 1.54) is 40.4 Å². The molecule has 1 N–H and O–H groups in total. The Morgan fingerprint density at radius 1 is 1.24 bits per heavy atom. The van der Waals surface area contributed by atoms with E-state index in [9.17, 15) is 14.0 Å². The molecule has 1 amide bonds. The van der Waals surface area contributed by atoms with Crippen molar-refractivity contribution >= 4 is 44.7 Å². The van der Waals surface area contributed by atoms with Gasteiger partial charge in [0.05, 0.1) is 22.3 Å². The van der Waals surface area contributed by atoms with Gasteiger partial charge in [0, 0.05) is 10.6 Å². The minimum absolute atomic E-state index is 0.0375. The van der Waals surface area contributed by atoms with Crippen LogP contribution in [0.4, 0.5) is 10.1 Å². The number of thiophene rings is 1. The number of hydrogen-bond acceptors (Lipinski definition) is 7. The number of amides is 1. The maximum absolute atomic E-state index is 13.8. The molecule has 3 heterocycles. The Morgan fingerprint density at radius 2 is 2.06 bits per heavy atom. The molecule has 0 bridgehead atoms. The number of hydrogen-bond donors (Lipinski definition) is 1. The lowest BCUT2D eigenvalue weighted by molar-refractivity contribution is -0.116. The highest BCUT2D eigenvalue weighted by atomic mass is 35.5.